The largest absolute Gasteiger partial charge is 0.444 e. The molecular formula is C12H19BrN2O4. The van der Waals surface area contributed by atoms with Crippen LogP contribution in [0.15, 0.2) is 16.7 Å². The molecule has 2 atom stereocenters. The van der Waals surface area contributed by atoms with Gasteiger partial charge in [-0.2, -0.15) is 0 Å². The maximum absolute atomic E-state index is 11.4. The molecule has 0 saturated heterocycles. The van der Waals surface area contributed by atoms with Crippen LogP contribution >= 0.6 is 15.9 Å². The summed E-state index contributed by atoms with van der Waals surface area (Å²) in [6.07, 6.45) is -1.22. The molecule has 0 aromatic carbocycles. The number of aromatic nitrogens is 1. The van der Waals surface area contributed by atoms with Gasteiger partial charge < -0.3 is 25.3 Å². The molecule has 0 radical (unpaired) electrons. The van der Waals surface area contributed by atoms with Crippen LogP contribution in [-0.4, -0.2) is 39.5 Å². The second-order valence-corrected chi connectivity index (χ2v) is 6.08. The third-order valence-corrected chi connectivity index (χ3v) is 2.67. The molecule has 108 valence electrons. The molecule has 0 aliphatic heterocycles. The molecule has 0 aliphatic carbocycles. The highest BCUT2D eigenvalue weighted by atomic mass is 79.9. The van der Waals surface area contributed by atoms with E-state index in [4.69, 9.17) is 4.74 Å². The number of halogens is 1. The molecule has 1 aromatic rings. The van der Waals surface area contributed by atoms with Crippen LogP contribution in [-0.2, 0) is 4.74 Å². The molecule has 4 N–H and O–H groups in total. The van der Waals surface area contributed by atoms with Gasteiger partial charge in [0.2, 0.25) is 0 Å². The highest BCUT2D eigenvalue weighted by Crippen LogP contribution is 2.19. The average molecular weight is 335 g/mol. The number of amides is 1. The van der Waals surface area contributed by atoms with Gasteiger partial charge in [0.25, 0.3) is 0 Å². The highest BCUT2D eigenvalue weighted by Gasteiger charge is 2.22. The minimum Gasteiger partial charge on any atom is -0.444 e. The predicted molar refractivity (Wildman–Crippen MR) is 73.7 cm³/mol. The van der Waals surface area contributed by atoms with Crippen LogP contribution < -0.4 is 5.32 Å². The summed E-state index contributed by atoms with van der Waals surface area (Å²) in [7, 11) is 0. The fourth-order valence-corrected chi connectivity index (χ4v) is 1.74. The fourth-order valence-electron chi connectivity index (χ4n) is 1.38. The van der Waals surface area contributed by atoms with Gasteiger partial charge in [0.15, 0.2) is 0 Å². The minimum atomic E-state index is -1.13. The van der Waals surface area contributed by atoms with Gasteiger partial charge >= 0.3 is 6.09 Å². The maximum atomic E-state index is 11.4. The summed E-state index contributed by atoms with van der Waals surface area (Å²) in [5.74, 6) is 0. The molecule has 19 heavy (non-hydrogen) atoms. The highest BCUT2D eigenvalue weighted by molar-refractivity contribution is 9.10. The molecule has 6 nitrogen and oxygen atoms in total. The number of hydrogen-bond acceptors (Lipinski definition) is 4. The lowest BCUT2D eigenvalue weighted by Crippen LogP contribution is -2.38. The lowest BCUT2D eigenvalue weighted by Gasteiger charge is -2.21. The van der Waals surface area contributed by atoms with E-state index in [9.17, 15) is 15.0 Å². The lowest BCUT2D eigenvalue weighted by atomic mass is 10.1. The molecule has 1 heterocycles. The quantitative estimate of drug-likeness (QED) is 0.674. The number of rotatable bonds is 4. The number of H-pyrrole nitrogens is 1. The van der Waals surface area contributed by atoms with Crippen LogP contribution in [0.1, 0.15) is 32.6 Å². The van der Waals surface area contributed by atoms with Gasteiger partial charge in [-0.3, -0.25) is 0 Å². The van der Waals surface area contributed by atoms with Crippen molar-refractivity contribution in [1.82, 2.24) is 10.3 Å². The molecule has 1 aromatic heterocycles. The Morgan fingerprint density at radius 1 is 1.53 bits per heavy atom. The molecule has 1 amide bonds. The number of nitrogens with one attached hydrogen (secondary N) is 2. The zero-order valence-electron chi connectivity index (χ0n) is 11.1. The van der Waals surface area contributed by atoms with Crippen molar-refractivity contribution in [2.75, 3.05) is 6.54 Å². The van der Waals surface area contributed by atoms with E-state index in [2.05, 4.69) is 26.2 Å². The summed E-state index contributed by atoms with van der Waals surface area (Å²) in [5.41, 5.74) is -0.136. The first kappa shape index (κ1) is 16.0. The maximum Gasteiger partial charge on any atom is 0.407 e. The van der Waals surface area contributed by atoms with Gasteiger partial charge in [-0.05, 0) is 42.8 Å². The monoisotopic (exact) mass is 334 g/mol. The van der Waals surface area contributed by atoms with Gasteiger partial charge in [0, 0.05) is 22.9 Å². The number of carbonyl (C=O) groups is 1. The number of ether oxygens (including phenoxy) is 1. The molecule has 2 unspecified atom stereocenters. The summed E-state index contributed by atoms with van der Waals surface area (Å²) in [6.45, 7) is 5.13. The van der Waals surface area contributed by atoms with Crippen molar-refractivity contribution in [3.63, 3.8) is 0 Å². The van der Waals surface area contributed by atoms with Crippen LogP contribution in [0.5, 0.6) is 0 Å². The Kier molecular flexibility index (Phi) is 5.39. The van der Waals surface area contributed by atoms with Crippen molar-refractivity contribution in [2.45, 2.75) is 38.6 Å². The molecule has 0 bridgehead atoms. The van der Waals surface area contributed by atoms with Crippen LogP contribution in [0.3, 0.4) is 0 Å². The Balaban J connectivity index is 2.43. The van der Waals surface area contributed by atoms with E-state index in [1.165, 1.54) is 0 Å². The Morgan fingerprint density at radius 3 is 2.63 bits per heavy atom. The second-order valence-electron chi connectivity index (χ2n) is 5.17. The topological polar surface area (TPSA) is 94.6 Å². The van der Waals surface area contributed by atoms with Crippen LogP contribution in [0.4, 0.5) is 4.79 Å². The molecule has 0 spiro atoms. The molecule has 0 fully saturated rings. The van der Waals surface area contributed by atoms with Crippen LogP contribution in [0.2, 0.25) is 0 Å². The number of aliphatic hydroxyl groups excluding tert-OH is 2. The SMILES string of the molecule is CC(C)(C)OC(=O)NCC(O)C(O)c1cc(Br)c[nH]1. The molecule has 0 saturated carbocycles. The standard InChI is InChI=1S/C12H19BrN2O4/c1-12(2,3)19-11(18)15-6-9(16)10(17)8-4-7(13)5-14-8/h4-5,9-10,14,16-17H,6H2,1-3H3,(H,15,18). The van der Waals surface area contributed by atoms with Crippen molar-refractivity contribution in [3.05, 3.63) is 22.4 Å². The lowest BCUT2D eigenvalue weighted by molar-refractivity contribution is 0.0111. The van der Waals surface area contributed by atoms with E-state index in [0.717, 1.165) is 4.47 Å². The first-order valence-electron chi connectivity index (χ1n) is 5.86. The Labute approximate surface area is 120 Å². The Bertz CT molecular complexity index is 428. The normalized spacial score (nSPS) is 14.8. The van der Waals surface area contributed by atoms with E-state index < -0.39 is 23.9 Å². The first-order valence-corrected chi connectivity index (χ1v) is 6.65. The molecule has 1 rings (SSSR count). The van der Waals surface area contributed by atoms with Crippen molar-refractivity contribution in [1.29, 1.82) is 0 Å². The Morgan fingerprint density at radius 2 is 2.16 bits per heavy atom. The summed E-state index contributed by atoms with van der Waals surface area (Å²) < 4.78 is 5.79. The van der Waals surface area contributed by atoms with Gasteiger partial charge in [-0.25, -0.2) is 4.79 Å². The summed E-state index contributed by atoms with van der Waals surface area (Å²) in [4.78, 5) is 14.2. The number of aromatic amines is 1. The van der Waals surface area contributed by atoms with Gasteiger partial charge in [-0.15, -0.1) is 0 Å². The van der Waals surface area contributed by atoms with Crippen molar-refractivity contribution in [2.24, 2.45) is 0 Å². The molecule has 7 heteroatoms. The van der Waals surface area contributed by atoms with Gasteiger partial charge in [0.1, 0.15) is 17.8 Å². The number of alkyl carbamates (subject to hydrolysis) is 1. The van der Waals surface area contributed by atoms with Gasteiger partial charge in [-0.1, -0.05) is 0 Å². The Hall–Kier alpha value is -1.05. The van der Waals surface area contributed by atoms with Crippen molar-refractivity contribution >= 4 is 22.0 Å². The van der Waals surface area contributed by atoms with Crippen molar-refractivity contribution < 1.29 is 19.7 Å². The van der Waals surface area contributed by atoms with Crippen LogP contribution in [0, 0.1) is 0 Å². The number of hydrogen-bond donors (Lipinski definition) is 4. The smallest absolute Gasteiger partial charge is 0.407 e. The van der Waals surface area contributed by atoms with E-state index in [1.54, 1.807) is 33.0 Å². The van der Waals surface area contributed by atoms with Crippen molar-refractivity contribution in [3.8, 4) is 0 Å². The minimum absolute atomic E-state index is 0.104. The third kappa shape index (κ3) is 5.63. The number of aliphatic hydroxyl groups is 2. The second kappa shape index (κ2) is 6.40. The average Bonchev–Trinajstić information content (AvgIpc) is 2.69. The first-order chi connectivity index (χ1) is 8.69. The zero-order chi connectivity index (χ0) is 14.6. The van der Waals surface area contributed by atoms with E-state index in [1.807, 2.05) is 0 Å². The molecular weight excluding hydrogens is 316 g/mol. The predicted octanol–water partition coefficient (Wildman–Crippen LogP) is 1.70. The van der Waals surface area contributed by atoms with Gasteiger partial charge in [0.05, 0.1) is 0 Å². The summed E-state index contributed by atoms with van der Waals surface area (Å²) in [6, 6.07) is 1.65. The zero-order valence-corrected chi connectivity index (χ0v) is 12.7. The van der Waals surface area contributed by atoms with E-state index in [-0.39, 0.29) is 6.54 Å². The van der Waals surface area contributed by atoms with E-state index >= 15 is 0 Å². The van der Waals surface area contributed by atoms with Crippen LogP contribution in [0.25, 0.3) is 0 Å². The fraction of sp³-hybridized carbons (Fsp3) is 0.583. The number of carbonyl (C=O) groups excluding carboxylic acids is 1. The summed E-state index contributed by atoms with van der Waals surface area (Å²) in [5, 5.41) is 22.0. The molecule has 0 aliphatic rings. The van der Waals surface area contributed by atoms with E-state index in [0.29, 0.717) is 5.69 Å². The third-order valence-electron chi connectivity index (χ3n) is 2.21. The summed E-state index contributed by atoms with van der Waals surface area (Å²) >= 11 is 3.23.